The number of carbonyl (C=O) groups is 1. The van der Waals surface area contributed by atoms with Gasteiger partial charge in [0, 0.05) is 41.0 Å². The molecule has 1 aromatic heterocycles. The number of pyridine rings is 1. The number of carboxylic acid groups (broad SMARTS) is 1. The molecule has 1 N–H and O–H groups in total. The van der Waals surface area contributed by atoms with Crippen molar-refractivity contribution in [1.29, 1.82) is 0 Å². The topological polar surface area (TPSA) is 106 Å². The van der Waals surface area contributed by atoms with Gasteiger partial charge in [0.2, 0.25) is 0 Å². The molecule has 30 heavy (non-hydrogen) atoms. The Bertz CT molecular complexity index is 1240. The van der Waals surface area contributed by atoms with Gasteiger partial charge in [0.25, 0.3) is 5.69 Å². The van der Waals surface area contributed by atoms with Crippen LogP contribution in [0.25, 0.3) is 16.5 Å². The molecule has 7 heteroatoms. The molecule has 150 valence electrons. The number of hydrogen-bond acceptors (Lipinski definition) is 5. The number of nitrogens with zero attached hydrogens (tertiary/aromatic N) is 3. The number of aliphatic imine (C=N–C) groups is 1. The van der Waals surface area contributed by atoms with Gasteiger partial charge in [-0.3, -0.25) is 24.9 Å². The van der Waals surface area contributed by atoms with E-state index >= 15 is 0 Å². The Morgan fingerprint density at radius 2 is 1.87 bits per heavy atom. The van der Waals surface area contributed by atoms with Crippen LogP contribution in [0.15, 0.2) is 71.5 Å². The van der Waals surface area contributed by atoms with E-state index in [2.05, 4.69) is 9.98 Å². The van der Waals surface area contributed by atoms with Crippen LogP contribution >= 0.6 is 0 Å². The molecule has 2 heterocycles. The van der Waals surface area contributed by atoms with Gasteiger partial charge < -0.3 is 5.11 Å². The van der Waals surface area contributed by atoms with Crippen molar-refractivity contribution in [1.82, 2.24) is 4.98 Å². The molecular weight excluding hydrogens is 382 g/mol. The maximum absolute atomic E-state index is 12.3. The fourth-order valence-electron chi connectivity index (χ4n) is 4.24. The van der Waals surface area contributed by atoms with Crippen LogP contribution in [0.5, 0.6) is 0 Å². The van der Waals surface area contributed by atoms with Crippen molar-refractivity contribution in [3.05, 3.63) is 87.7 Å². The van der Waals surface area contributed by atoms with Crippen molar-refractivity contribution in [2.75, 3.05) is 0 Å². The molecule has 1 aliphatic rings. The highest BCUT2D eigenvalue weighted by molar-refractivity contribution is 6.07. The van der Waals surface area contributed by atoms with E-state index in [1.807, 2.05) is 37.3 Å². The summed E-state index contributed by atoms with van der Waals surface area (Å²) >= 11 is 0. The third-order valence-electron chi connectivity index (χ3n) is 5.47. The zero-order chi connectivity index (χ0) is 21.4. The Kier molecular flexibility index (Phi) is 4.87. The second kappa shape index (κ2) is 7.51. The van der Waals surface area contributed by atoms with Crippen molar-refractivity contribution >= 4 is 33.8 Å². The zero-order valence-corrected chi connectivity index (χ0v) is 16.4. The van der Waals surface area contributed by atoms with E-state index in [4.69, 9.17) is 0 Å². The van der Waals surface area contributed by atoms with Gasteiger partial charge in [-0.25, -0.2) is 0 Å². The van der Waals surface area contributed by atoms with Crippen molar-refractivity contribution in [3.63, 3.8) is 0 Å². The van der Waals surface area contributed by atoms with Crippen LogP contribution < -0.4 is 0 Å². The molecule has 4 rings (SSSR count). The van der Waals surface area contributed by atoms with Crippen LogP contribution in [0.2, 0.25) is 0 Å². The van der Waals surface area contributed by atoms with Gasteiger partial charge in [-0.2, -0.15) is 0 Å². The molecule has 0 aliphatic carbocycles. The summed E-state index contributed by atoms with van der Waals surface area (Å²) in [7, 11) is 0. The van der Waals surface area contributed by atoms with E-state index in [9.17, 15) is 20.0 Å². The molecule has 0 saturated carbocycles. The second-order valence-corrected chi connectivity index (χ2v) is 7.27. The molecule has 0 bridgehead atoms. The predicted octanol–water partition coefficient (Wildman–Crippen LogP) is 4.83. The van der Waals surface area contributed by atoms with Gasteiger partial charge in [0.05, 0.1) is 10.4 Å². The van der Waals surface area contributed by atoms with Crippen LogP contribution in [-0.2, 0) is 4.79 Å². The smallest absolute Gasteiger partial charge is 0.313 e. The lowest BCUT2D eigenvalue weighted by Crippen LogP contribution is -2.32. The lowest BCUT2D eigenvalue weighted by molar-refractivity contribution is -0.384. The molecule has 2 unspecified atom stereocenters. The summed E-state index contributed by atoms with van der Waals surface area (Å²) in [6.07, 6.45) is 1.70. The highest BCUT2D eigenvalue weighted by atomic mass is 16.6. The Labute approximate surface area is 172 Å². The molecule has 0 spiro atoms. The first-order valence-electron chi connectivity index (χ1n) is 9.45. The summed E-state index contributed by atoms with van der Waals surface area (Å²) in [6, 6.07) is 15.6. The van der Waals surface area contributed by atoms with Gasteiger partial charge in [-0.15, -0.1) is 0 Å². The van der Waals surface area contributed by atoms with Gasteiger partial charge in [0.15, 0.2) is 0 Å². The fourth-order valence-corrected chi connectivity index (χ4v) is 4.24. The number of hydrogen-bond donors (Lipinski definition) is 1. The normalized spacial score (nSPS) is 18.9. The van der Waals surface area contributed by atoms with Gasteiger partial charge in [-0.1, -0.05) is 30.3 Å². The Hall–Kier alpha value is -3.87. The van der Waals surface area contributed by atoms with Gasteiger partial charge in [0.1, 0.15) is 5.92 Å². The van der Waals surface area contributed by atoms with Crippen LogP contribution in [0.4, 0.5) is 5.69 Å². The first-order valence-corrected chi connectivity index (χ1v) is 9.45. The van der Waals surface area contributed by atoms with Crippen LogP contribution in [0, 0.1) is 16.0 Å². The van der Waals surface area contributed by atoms with Crippen LogP contribution in [-0.4, -0.2) is 26.7 Å². The second-order valence-electron chi connectivity index (χ2n) is 7.27. The third-order valence-corrected chi connectivity index (χ3v) is 5.47. The van der Waals surface area contributed by atoms with Crippen LogP contribution in [0.1, 0.15) is 30.9 Å². The average Bonchev–Trinajstić information content (AvgIpc) is 2.72. The predicted molar refractivity (Wildman–Crippen MR) is 114 cm³/mol. The number of fused-ring (bicyclic) bond motifs is 1. The molecular formula is C23H19N3O4. The van der Waals surface area contributed by atoms with Crippen molar-refractivity contribution in [2.45, 2.75) is 19.8 Å². The molecule has 7 nitrogen and oxygen atoms in total. The summed E-state index contributed by atoms with van der Waals surface area (Å²) in [5.41, 5.74) is 4.02. The number of aromatic nitrogens is 1. The summed E-state index contributed by atoms with van der Waals surface area (Å²) < 4.78 is 0. The molecule has 1 aliphatic heterocycles. The molecule has 0 radical (unpaired) electrons. The quantitative estimate of drug-likeness (QED) is 0.498. The van der Waals surface area contributed by atoms with Crippen LogP contribution in [0.3, 0.4) is 0 Å². The van der Waals surface area contributed by atoms with Gasteiger partial charge in [-0.05, 0) is 42.7 Å². The fraction of sp³-hybridized carbons (Fsp3) is 0.174. The highest BCUT2D eigenvalue weighted by Crippen LogP contribution is 2.46. The molecule has 2 aromatic carbocycles. The largest absolute Gasteiger partial charge is 0.481 e. The van der Waals surface area contributed by atoms with E-state index in [0.717, 1.165) is 22.0 Å². The number of nitro groups is 1. The molecule has 2 atom stereocenters. The number of aliphatic carboxylic acids is 1. The Balaban J connectivity index is 2.02. The first kappa shape index (κ1) is 19.4. The minimum atomic E-state index is -1.02. The Morgan fingerprint density at radius 1 is 1.10 bits per heavy atom. The molecule has 0 saturated heterocycles. The van der Waals surface area contributed by atoms with E-state index in [0.29, 0.717) is 17.0 Å². The molecule has 0 amide bonds. The van der Waals surface area contributed by atoms with E-state index in [1.165, 1.54) is 12.1 Å². The van der Waals surface area contributed by atoms with E-state index in [1.54, 1.807) is 25.3 Å². The lowest BCUT2D eigenvalue weighted by Gasteiger charge is -2.32. The minimum Gasteiger partial charge on any atom is -0.481 e. The summed E-state index contributed by atoms with van der Waals surface area (Å²) in [5, 5.41) is 22.3. The summed E-state index contributed by atoms with van der Waals surface area (Å²) in [5.74, 6) is -2.57. The third kappa shape index (κ3) is 3.24. The van der Waals surface area contributed by atoms with E-state index in [-0.39, 0.29) is 5.69 Å². The zero-order valence-electron chi connectivity index (χ0n) is 16.4. The number of rotatable bonds is 4. The average molecular weight is 401 g/mol. The molecule has 3 aromatic rings. The number of allylic oxidation sites excluding steroid dienone is 2. The van der Waals surface area contributed by atoms with E-state index < -0.39 is 22.7 Å². The van der Waals surface area contributed by atoms with Gasteiger partial charge >= 0.3 is 5.97 Å². The number of carboxylic acids is 1. The summed E-state index contributed by atoms with van der Waals surface area (Å²) in [6.45, 7) is 3.53. The number of nitro benzene ring substituents is 1. The maximum Gasteiger partial charge on any atom is 0.313 e. The SMILES string of the molecule is CC1=NC(C)=C(c2cccc3ncccc23)C(c2cccc([N+](=O)[O-])c2)C1C(=O)O. The van der Waals surface area contributed by atoms with Crippen molar-refractivity contribution in [2.24, 2.45) is 10.9 Å². The standard InChI is InChI=1S/C23H19N3O4/c1-13-20(18-8-4-10-19-17(18)9-5-11-24-19)22(21(23(27)28)14(2)25-13)15-6-3-7-16(12-15)26(29)30/h3-12,21-22H,1-2H3,(H,27,28). The number of non-ortho nitro benzene ring substituents is 1. The highest BCUT2D eigenvalue weighted by Gasteiger charge is 2.39. The maximum atomic E-state index is 12.3. The Morgan fingerprint density at radius 3 is 2.60 bits per heavy atom. The molecule has 0 fully saturated rings. The first-order chi connectivity index (χ1) is 14.4. The van der Waals surface area contributed by atoms with Crippen molar-refractivity contribution in [3.8, 4) is 0 Å². The number of benzene rings is 2. The monoisotopic (exact) mass is 401 g/mol. The minimum absolute atomic E-state index is 0.0756. The summed E-state index contributed by atoms with van der Waals surface area (Å²) in [4.78, 5) is 32.1. The van der Waals surface area contributed by atoms with Crippen molar-refractivity contribution < 1.29 is 14.8 Å². The lowest BCUT2D eigenvalue weighted by atomic mass is 9.73.